The molecule has 1 heterocycles. The van der Waals surface area contributed by atoms with Gasteiger partial charge in [-0.25, -0.2) is 0 Å². The van der Waals surface area contributed by atoms with Crippen LogP contribution >= 0.6 is 0 Å². The van der Waals surface area contributed by atoms with E-state index in [0.29, 0.717) is 12.3 Å². The lowest BCUT2D eigenvalue weighted by Crippen LogP contribution is -2.66. The standard InChI is InChI=1S/C11H18N2O3S/c1-11(8-3-4-8)10(15)13(5-6-17(2)16)7-9(14)12-11/h8H,3-7H2,1-2H3,(H,12,14). The van der Waals surface area contributed by atoms with E-state index in [1.165, 1.54) is 0 Å². The second kappa shape index (κ2) is 4.40. The van der Waals surface area contributed by atoms with Crippen molar-refractivity contribution in [2.75, 3.05) is 25.1 Å². The maximum Gasteiger partial charge on any atom is 0.248 e. The Morgan fingerprint density at radius 1 is 1.47 bits per heavy atom. The van der Waals surface area contributed by atoms with E-state index in [1.807, 2.05) is 0 Å². The van der Waals surface area contributed by atoms with Gasteiger partial charge in [-0.2, -0.15) is 0 Å². The molecular formula is C11H18N2O3S. The van der Waals surface area contributed by atoms with Crippen LogP contribution in [0.2, 0.25) is 0 Å². The van der Waals surface area contributed by atoms with Gasteiger partial charge in [-0.3, -0.25) is 13.8 Å². The van der Waals surface area contributed by atoms with E-state index in [4.69, 9.17) is 0 Å². The SMILES string of the molecule is CS(=O)CCN1CC(=O)NC(C)(C2CC2)C1=O. The highest BCUT2D eigenvalue weighted by atomic mass is 32.2. The van der Waals surface area contributed by atoms with Crippen LogP contribution in [0.4, 0.5) is 0 Å². The average molecular weight is 258 g/mol. The Morgan fingerprint density at radius 2 is 2.12 bits per heavy atom. The van der Waals surface area contributed by atoms with Crippen LogP contribution in [0, 0.1) is 5.92 Å². The molecule has 1 saturated heterocycles. The number of hydrogen-bond acceptors (Lipinski definition) is 3. The molecule has 1 saturated carbocycles. The summed E-state index contributed by atoms with van der Waals surface area (Å²) in [7, 11) is -0.939. The van der Waals surface area contributed by atoms with Crippen molar-refractivity contribution in [2.24, 2.45) is 5.92 Å². The summed E-state index contributed by atoms with van der Waals surface area (Å²) in [5.74, 6) is 0.569. The van der Waals surface area contributed by atoms with E-state index < -0.39 is 16.3 Å². The zero-order chi connectivity index (χ0) is 12.6. The van der Waals surface area contributed by atoms with E-state index in [0.717, 1.165) is 12.8 Å². The molecular weight excluding hydrogens is 240 g/mol. The van der Waals surface area contributed by atoms with Crippen molar-refractivity contribution in [2.45, 2.75) is 25.3 Å². The molecule has 0 aromatic rings. The molecule has 2 fully saturated rings. The number of carbonyl (C=O) groups is 2. The first-order valence-electron chi connectivity index (χ1n) is 5.84. The van der Waals surface area contributed by atoms with Gasteiger partial charge in [-0.1, -0.05) is 0 Å². The highest BCUT2D eigenvalue weighted by Crippen LogP contribution is 2.41. The van der Waals surface area contributed by atoms with E-state index in [9.17, 15) is 13.8 Å². The summed E-state index contributed by atoms with van der Waals surface area (Å²) in [5, 5.41) is 2.82. The topological polar surface area (TPSA) is 66.5 Å². The van der Waals surface area contributed by atoms with Gasteiger partial charge in [0, 0.05) is 29.4 Å². The Kier molecular flexibility index (Phi) is 3.25. The number of rotatable bonds is 4. The Bertz CT molecular complexity index is 381. The van der Waals surface area contributed by atoms with E-state index >= 15 is 0 Å². The second-order valence-corrected chi connectivity index (χ2v) is 6.58. The monoisotopic (exact) mass is 258 g/mol. The summed E-state index contributed by atoms with van der Waals surface area (Å²) >= 11 is 0. The van der Waals surface area contributed by atoms with Gasteiger partial charge >= 0.3 is 0 Å². The maximum absolute atomic E-state index is 12.3. The fourth-order valence-corrected chi connectivity index (χ4v) is 2.79. The first-order chi connectivity index (χ1) is 7.93. The van der Waals surface area contributed by atoms with E-state index in [1.54, 1.807) is 18.1 Å². The zero-order valence-electron chi connectivity index (χ0n) is 10.2. The number of carbonyl (C=O) groups excluding carboxylic acids is 2. The summed E-state index contributed by atoms with van der Waals surface area (Å²) < 4.78 is 11.1. The highest BCUT2D eigenvalue weighted by molar-refractivity contribution is 7.84. The summed E-state index contributed by atoms with van der Waals surface area (Å²) in [6.07, 6.45) is 3.60. The van der Waals surface area contributed by atoms with Gasteiger partial charge < -0.3 is 10.2 Å². The van der Waals surface area contributed by atoms with Crippen molar-refractivity contribution >= 4 is 22.6 Å². The van der Waals surface area contributed by atoms with Crippen molar-refractivity contribution in [1.82, 2.24) is 10.2 Å². The number of nitrogens with one attached hydrogen (secondary N) is 1. The van der Waals surface area contributed by atoms with Crippen LogP contribution in [0.15, 0.2) is 0 Å². The van der Waals surface area contributed by atoms with Crippen molar-refractivity contribution in [3.05, 3.63) is 0 Å². The van der Waals surface area contributed by atoms with Crippen LogP contribution < -0.4 is 5.32 Å². The molecule has 0 radical (unpaired) electrons. The lowest BCUT2D eigenvalue weighted by atomic mass is 9.91. The van der Waals surface area contributed by atoms with Crippen molar-refractivity contribution in [1.29, 1.82) is 0 Å². The van der Waals surface area contributed by atoms with Crippen molar-refractivity contribution < 1.29 is 13.8 Å². The first-order valence-corrected chi connectivity index (χ1v) is 7.56. The predicted molar refractivity (Wildman–Crippen MR) is 64.8 cm³/mol. The number of hydrogen-bond donors (Lipinski definition) is 1. The van der Waals surface area contributed by atoms with Crippen molar-refractivity contribution in [3.8, 4) is 0 Å². The summed E-state index contributed by atoms with van der Waals surface area (Å²) in [6, 6.07) is 0. The highest BCUT2D eigenvalue weighted by Gasteiger charge is 2.52. The molecule has 96 valence electrons. The van der Waals surface area contributed by atoms with Crippen LogP contribution in [0.25, 0.3) is 0 Å². The molecule has 2 unspecified atom stereocenters. The van der Waals surface area contributed by atoms with Gasteiger partial charge in [0.15, 0.2) is 0 Å². The molecule has 0 aromatic heterocycles. The summed E-state index contributed by atoms with van der Waals surface area (Å²) in [5.41, 5.74) is -0.732. The molecule has 2 amide bonds. The molecule has 1 N–H and O–H groups in total. The summed E-state index contributed by atoms with van der Waals surface area (Å²) in [6.45, 7) is 2.30. The predicted octanol–water partition coefficient (Wildman–Crippen LogP) is -0.508. The van der Waals surface area contributed by atoms with Crippen LogP contribution in [-0.2, 0) is 20.4 Å². The normalized spacial score (nSPS) is 31.3. The third-order valence-corrected chi connectivity index (χ3v) is 4.27. The van der Waals surface area contributed by atoms with Gasteiger partial charge in [0.1, 0.15) is 5.54 Å². The Morgan fingerprint density at radius 3 is 2.65 bits per heavy atom. The molecule has 2 rings (SSSR count). The molecule has 1 aliphatic heterocycles. The van der Waals surface area contributed by atoms with E-state index in [-0.39, 0.29) is 24.3 Å². The summed E-state index contributed by atoms with van der Waals surface area (Å²) in [4.78, 5) is 25.5. The lowest BCUT2D eigenvalue weighted by Gasteiger charge is -2.40. The minimum atomic E-state index is -0.939. The fraction of sp³-hybridized carbons (Fsp3) is 0.818. The molecule has 0 bridgehead atoms. The van der Waals surface area contributed by atoms with Gasteiger partial charge in [0.2, 0.25) is 11.8 Å². The molecule has 1 aliphatic carbocycles. The molecule has 5 nitrogen and oxygen atoms in total. The molecule has 0 aromatic carbocycles. The van der Waals surface area contributed by atoms with Crippen LogP contribution in [-0.4, -0.2) is 51.6 Å². The van der Waals surface area contributed by atoms with Crippen LogP contribution in [0.5, 0.6) is 0 Å². The lowest BCUT2D eigenvalue weighted by molar-refractivity contribution is -0.149. The van der Waals surface area contributed by atoms with Gasteiger partial charge in [-0.05, 0) is 25.7 Å². The molecule has 0 spiro atoms. The Balaban J connectivity index is 2.08. The van der Waals surface area contributed by atoms with Gasteiger partial charge in [-0.15, -0.1) is 0 Å². The van der Waals surface area contributed by atoms with Crippen LogP contribution in [0.1, 0.15) is 19.8 Å². The average Bonchev–Trinajstić information content (AvgIpc) is 3.04. The Hall–Kier alpha value is -0.910. The maximum atomic E-state index is 12.3. The van der Waals surface area contributed by atoms with Crippen LogP contribution in [0.3, 0.4) is 0 Å². The molecule has 6 heteroatoms. The minimum absolute atomic E-state index is 0.0231. The van der Waals surface area contributed by atoms with E-state index in [2.05, 4.69) is 5.32 Å². The fourth-order valence-electron chi connectivity index (χ4n) is 2.31. The largest absolute Gasteiger partial charge is 0.340 e. The smallest absolute Gasteiger partial charge is 0.248 e. The number of amides is 2. The third kappa shape index (κ3) is 2.51. The van der Waals surface area contributed by atoms with Gasteiger partial charge in [0.25, 0.3) is 0 Å². The minimum Gasteiger partial charge on any atom is -0.340 e. The molecule has 2 atom stereocenters. The van der Waals surface area contributed by atoms with Crippen molar-refractivity contribution in [3.63, 3.8) is 0 Å². The number of nitrogens with zero attached hydrogens (tertiary/aromatic N) is 1. The third-order valence-electron chi connectivity index (χ3n) is 3.51. The Labute approximate surface area is 103 Å². The van der Waals surface area contributed by atoms with Gasteiger partial charge in [0.05, 0.1) is 6.54 Å². The number of piperazine rings is 1. The second-order valence-electron chi connectivity index (χ2n) is 5.03. The first kappa shape index (κ1) is 12.5. The molecule has 2 aliphatic rings. The zero-order valence-corrected chi connectivity index (χ0v) is 11.0. The quantitative estimate of drug-likeness (QED) is 0.739. The molecule has 17 heavy (non-hydrogen) atoms.